The summed E-state index contributed by atoms with van der Waals surface area (Å²) in [6, 6.07) is 13.2. The molecule has 0 bridgehead atoms. The van der Waals surface area contributed by atoms with Gasteiger partial charge in [0.2, 0.25) is 0 Å². The SMILES string of the molecule is NC1CCCC(S(=O)(=O)c2ccc3ccccc3c2)C1. The highest BCUT2D eigenvalue weighted by Gasteiger charge is 2.31. The second kappa shape index (κ2) is 5.19. The Kier molecular flexibility index (Phi) is 3.52. The molecule has 1 aliphatic carbocycles. The van der Waals surface area contributed by atoms with Gasteiger partial charge in [0.25, 0.3) is 0 Å². The predicted molar refractivity (Wildman–Crippen MR) is 81.4 cm³/mol. The van der Waals surface area contributed by atoms with E-state index in [0.29, 0.717) is 11.3 Å². The maximum absolute atomic E-state index is 12.7. The van der Waals surface area contributed by atoms with Crippen molar-refractivity contribution in [1.82, 2.24) is 0 Å². The molecule has 106 valence electrons. The van der Waals surface area contributed by atoms with Crippen molar-refractivity contribution in [2.75, 3.05) is 0 Å². The number of benzene rings is 2. The van der Waals surface area contributed by atoms with Gasteiger partial charge in [-0.2, -0.15) is 0 Å². The van der Waals surface area contributed by atoms with E-state index in [-0.39, 0.29) is 11.3 Å². The van der Waals surface area contributed by atoms with Crippen LogP contribution >= 0.6 is 0 Å². The smallest absolute Gasteiger partial charge is 0.181 e. The average Bonchev–Trinajstić information content (AvgIpc) is 2.46. The van der Waals surface area contributed by atoms with E-state index < -0.39 is 9.84 Å². The summed E-state index contributed by atoms with van der Waals surface area (Å²) in [6.45, 7) is 0. The molecule has 1 aliphatic rings. The van der Waals surface area contributed by atoms with Crippen molar-refractivity contribution in [3.05, 3.63) is 42.5 Å². The number of sulfone groups is 1. The minimum atomic E-state index is -3.27. The van der Waals surface area contributed by atoms with Gasteiger partial charge in [0.05, 0.1) is 10.1 Å². The number of hydrogen-bond acceptors (Lipinski definition) is 3. The van der Waals surface area contributed by atoms with Gasteiger partial charge in [-0.25, -0.2) is 8.42 Å². The molecule has 0 aliphatic heterocycles. The molecule has 2 atom stereocenters. The van der Waals surface area contributed by atoms with E-state index in [2.05, 4.69) is 0 Å². The van der Waals surface area contributed by atoms with Crippen LogP contribution in [-0.2, 0) is 9.84 Å². The maximum atomic E-state index is 12.7. The molecule has 20 heavy (non-hydrogen) atoms. The molecule has 0 aromatic heterocycles. The lowest BCUT2D eigenvalue weighted by atomic mass is 9.96. The largest absolute Gasteiger partial charge is 0.328 e. The molecule has 1 saturated carbocycles. The molecule has 0 radical (unpaired) electrons. The van der Waals surface area contributed by atoms with Crippen LogP contribution in [0.25, 0.3) is 10.8 Å². The average molecular weight is 289 g/mol. The Morgan fingerprint density at radius 1 is 1.00 bits per heavy atom. The minimum Gasteiger partial charge on any atom is -0.328 e. The molecular formula is C16H19NO2S. The van der Waals surface area contributed by atoms with Crippen LogP contribution in [0, 0.1) is 0 Å². The first-order valence-electron chi connectivity index (χ1n) is 7.05. The van der Waals surface area contributed by atoms with E-state index in [1.54, 1.807) is 12.1 Å². The first-order valence-corrected chi connectivity index (χ1v) is 8.60. The van der Waals surface area contributed by atoms with Crippen molar-refractivity contribution in [2.24, 2.45) is 5.73 Å². The molecule has 2 N–H and O–H groups in total. The lowest BCUT2D eigenvalue weighted by molar-refractivity contribution is 0.433. The zero-order valence-corrected chi connectivity index (χ0v) is 12.1. The van der Waals surface area contributed by atoms with Crippen LogP contribution in [0.1, 0.15) is 25.7 Å². The van der Waals surface area contributed by atoms with Crippen LogP contribution in [0.2, 0.25) is 0 Å². The fraction of sp³-hybridized carbons (Fsp3) is 0.375. The summed E-state index contributed by atoms with van der Waals surface area (Å²) in [5.41, 5.74) is 5.93. The van der Waals surface area contributed by atoms with E-state index in [9.17, 15) is 8.42 Å². The fourth-order valence-corrected chi connectivity index (χ4v) is 4.91. The maximum Gasteiger partial charge on any atom is 0.181 e. The summed E-state index contributed by atoms with van der Waals surface area (Å²) in [7, 11) is -3.27. The van der Waals surface area contributed by atoms with Crippen molar-refractivity contribution in [3.63, 3.8) is 0 Å². The Morgan fingerprint density at radius 2 is 1.75 bits per heavy atom. The van der Waals surface area contributed by atoms with Crippen molar-refractivity contribution in [2.45, 2.75) is 41.9 Å². The van der Waals surface area contributed by atoms with Gasteiger partial charge in [-0.15, -0.1) is 0 Å². The van der Waals surface area contributed by atoms with Crippen LogP contribution in [0.5, 0.6) is 0 Å². The number of fused-ring (bicyclic) bond motifs is 1. The molecule has 0 saturated heterocycles. The standard InChI is InChI=1S/C16H19NO2S/c17-14-6-3-7-15(11-14)20(18,19)16-9-8-12-4-1-2-5-13(12)10-16/h1-2,4-5,8-10,14-15H,3,6-7,11,17H2. The third-order valence-electron chi connectivity index (χ3n) is 4.15. The van der Waals surface area contributed by atoms with Gasteiger partial charge < -0.3 is 5.73 Å². The molecule has 0 spiro atoms. The highest BCUT2D eigenvalue weighted by molar-refractivity contribution is 7.92. The van der Waals surface area contributed by atoms with Crippen LogP contribution in [0.4, 0.5) is 0 Å². The Balaban J connectivity index is 2.00. The highest BCUT2D eigenvalue weighted by atomic mass is 32.2. The monoisotopic (exact) mass is 289 g/mol. The minimum absolute atomic E-state index is 0.0176. The molecule has 0 heterocycles. The molecule has 2 aromatic carbocycles. The van der Waals surface area contributed by atoms with Gasteiger partial charge in [-0.1, -0.05) is 36.8 Å². The Labute approximate surface area is 119 Å². The first kappa shape index (κ1) is 13.6. The van der Waals surface area contributed by atoms with E-state index in [1.807, 2.05) is 30.3 Å². The summed E-state index contributed by atoms with van der Waals surface area (Å²) in [5, 5.41) is 1.70. The number of hydrogen-bond donors (Lipinski definition) is 1. The Bertz CT molecular complexity index is 724. The molecule has 3 nitrogen and oxygen atoms in total. The summed E-state index contributed by atoms with van der Waals surface area (Å²) in [5.74, 6) is 0. The van der Waals surface area contributed by atoms with Crippen molar-refractivity contribution < 1.29 is 8.42 Å². The lowest BCUT2D eigenvalue weighted by Gasteiger charge is -2.26. The van der Waals surface area contributed by atoms with Gasteiger partial charge in [-0.3, -0.25) is 0 Å². The zero-order chi connectivity index (χ0) is 14.2. The number of nitrogens with two attached hydrogens (primary N) is 1. The van der Waals surface area contributed by atoms with E-state index >= 15 is 0 Å². The summed E-state index contributed by atoms with van der Waals surface area (Å²) in [4.78, 5) is 0.426. The molecule has 0 amide bonds. The van der Waals surface area contributed by atoms with Gasteiger partial charge in [0.15, 0.2) is 9.84 Å². The lowest BCUT2D eigenvalue weighted by Crippen LogP contribution is -2.35. The Hall–Kier alpha value is -1.39. The topological polar surface area (TPSA) is 60.2 Å². The van der Waals surface area contributed by atoms with E-state index in [0.717, 1.165) is 30.0 Å². The van der Waals surface area contributed by atoms with Crippen molar-refractivity contribution in [3.8, 4) is 0 Å². The quantitative estimate of drug-likeness (QED) is 0.924. The van der Waals surface area contributed by atoms with Gasteiger partial charge in [-0.05, 0) is 42.2 Å². The highest BCUT2D eigenvalue weighted by Crippen LogP contribution is 2.29. The second-order valence-electron chi connectivity index (χ2n) is 5.60. The van der Waals surface area contributed by atoms with E-state index in [4.69, 9.17) is 5.73 Å². The van der Waals surface area contributed by atoms with Crippen molar-refractivity contribution >= 4 is 20.6 Å². The third-order valence-corrected chi connectivity index (χ3v) is 6.37. The molecular weight excluding hydrogens is 270 g/mol. The fourth-order valence-electron chi connectivity index (χ4n) is 3.00. The van der Waals surface area contributed by atoms with Crippen molar-refractivity contribution in [1.29, 1.82) is 0 Å². The van der Waals surface area contributed by atoms with E-state index in [1.165, 1.54) is 0 Å². The molecule has 4 heteroatoms. The number of rotatable bonds is 2. The van der Waals surface area contributed by atoms with Crippen LogP contribution in [0.15, 0.2) is 47.4 Å². The zero-order valence-electron chi connectivity index (χ0n) is 11.3. The second-order valence-corrected chi connectivity index (χ2v) is 7.83. The predicted octanol–water partition coefficient (Wildman–Crippen LogP) is 2.88. The summed E-state index contributed by atoms with van der Waals surface area (Å²) in [6.07, 6.45) is 3.14. The third kappa shape index (κ3) is 2.45. The van der Waals surface area contributed by atoms with Crippen LogP contribution in [0.3, 0.4) is 0 Å². The first-order chi connectivity index (χ1) is 9.57. The van der Waals surface area contributed by atoms with Gasteiger partial charge in [0, 0.05) is 6.04 Å². The molecule has 3 rings (SSSR count). The van der Waals surface area contributed by atoms with Crippen LogP contribution in [-0.4, -0.2) is 19.7 Å². The summed E-state index contributed by atoms with van der Waals surface area (Å²) < 4.78 is 25.4. The Morgan fingerprint density at radius 3 is 2.50 bits per heavy atom. The normalized spacial score (nSPS) is 23.9. The summed E-state index contributed by atoms with van der Waals surface area (Å²) >= 11 is 0. The van der Waals surface area contributed by atoms with Crippen LogP contribution < -0.4 is 5.73 Å². The van der Waals surface area contributed by atoms with Gasteiger partial charge in [0.1, 0.15) is 0 Å². The molecule has 2 aromatic rings. The molecule has 2 unspecified atom stereocenters. The van der Waals surface area contributed by atoms with Gasteiger partial charge >= 0.3 is 0 Å². The molecule has 1 fully saturated rings.